The molecule has 0 aliphatic heterocycles. The summed E-state index contributed by atoms with van der Waals surface area (Å²) in [6.45, 7) is 3.16. The monoisotopic (exact) mass is 319 g/mol. The van der Waals surface area contributed by atoms with Gasteiger partial charge in [0.25, 0.3) is 0 Å². The third-order valence-corrected chi connectivity index (χ3v) is 2.75. The topological polar surface area (TPSA) is 49.8 Å². The summed E-state index contributed by atoms with van der Waals surface area (Å²) in [6, 6.07) is 5.91. The molecule has 124 valence electrons. The lowest BCUT2D eigenvalue weighted by Crippen LogP contribution is -2.51. The first-order chi connectivity index (χ1) is 10.0. The number of halogens is 3. The van der Waals surface area contributed by atoms with E-state index in [2.05, 4.69) is 0 Å². The summed E-state index contributed by atoms with van der Waals surface area (Å²) < 4.78 is 44.2. The smallest absolute Gasteiger partial charge is 0.411 e. The maximum absolute atomic E-state index is 13.1. The molecular weight excluding hydrogens is 299 g/mol. The highest BCUT2D eigenvalue weighted by molar-refractivity contribution is 5.68. The second-order valence-corrected chi connectivity index (χ2v) is 5.83. The van der Waals surface area contributed by atoms with Crippen LogP contribution in [0.3, 0.4) is 0 Å². The third-order valence-electron chi connectivity index (χ3n) is 2.75. The molecule has 7 heteroatoms. The van der Waals surface area contributed by atoms with Gasteiger partial charge < -0.3 is 9.84 Å². The summed E-state index contributed by atoms with van der Waals surface area (Å²) in [7, 11) is 0. The molecule has 0 heterocycles. The van der Waals surface area contributed by atoms with Crippen LogP contribution in [-0.4, -0.2) is 40.5 Å². The average molecular weight is 319 g/mol. The molecule has 0 radical (unpaired) electrons. The molecule has 1 N–H and O–H groups in total. The maximum Gasteiger partial charge on any atom is 0.411 e. The van der Waals surface area contributed by atoms with Crippen molar-refractivity contribution in [3.8, 4) is 0 Å². The van der Waals surface area contributed by atoms with E-state index in [4.69, 9.17) is 9.84 Å². The van der Waals surface area contributed by atoms with Crippen LogP contribution in [0.15, 0.2) is 30.3 Å². The number of amides is 1. The number of hydrogen-bond donors (Lipinski definition) is 1. The Morgan fingerprint density at radius 2 is 1.77 bits per heavy atom. The second-order valence-electron chi connectivity index (χ2n) is 5.83. The molecule has 1 aromatic carbocycles. The summed E-state index contributed by atoms with van der Waals surface area (Å²) >= 11 is 0. The van der Waals surface area contributed by atoms with Gasteiger partial charge in [-0.05, 0) is 26.3 Å². The van der Waals surface area contributed by atoms with Gasteiger partial charge in [-0.1, -0.05) is 30.3 Å². The molecule has 1 amide bonds. The van der Waals surface area contributed by atoms with Crippen LogP contribution in [0.5, 0.6) is 0 Å². The zero-order valence-corrected chi connectivity index (χ0v) is 12.7. The van der Waals surface area contributed by atoms with Crippen LogP contribution in [0.2, 0.25) is 0 Å². The minimum atomic E-state index is -4.75. The Morgan fingerprint density at radius 1 is 1.23 bits per heavy atom. The number of benzene rings is 1. The lowest BCUT2D eigenvalue weighted by Gasteiger charge is -2.33. The van der Waals surface area contributed by atoms with Gasteiger partial charge >= 0.3 is 12.3 Å². The van der Waals surface area contributed by atoms with Crippen molar-refractivity contribution in [3.63, 3.8) is 0 Å². The Kier molecular flexibility index (Phi) is 5.82. The first kappa shape index (κ1) is 18.3. The van der Waals surface area contributed by atoms with E-state index in [1.807, 2.05) is 0 Å². The number of rotatable bonds is 4. The number of aliphatic hydroxyl groups is 1. The minimum Gasteiger partial charge on any atom is -0.444 e. The van der Waals surface area contributed by atoms with Crippen molar-refractivity contribution < 1.29 is 27.8 Å². The summed E-state index contributed by atoms with van der Waals surface area (Å²) in [5, 5.41) is 9.09. The van der Waals surface area contributed by atoms with E-state index in [1.54, 1.807) is 51.1 Å². The van der Waals surface area contributed by atoms with Crippen LogP contribution in [0, 0.1) is 0 Å². The normalized spacial score (nSPS) is 13.6. The van der Waals surface area contributed by atoms with Crippen LogP contribution in [0.4, 0.5) is 18.0 Å². The van der Waals surface area contributed by atoms with Gasteiger partial charge in [-0.3, -0.25) is 4.90 Å². The van der Waals surface area contributed by atoms with E-state index < -0.39 is 30.5 Å². The molecule has 1 rings (SSSR count). The van der Waals surface area contributed by atoms with Crippen molar-refractivity contribution >= 4 is 6.09 Å². The Labute approximate surface area is 127 Å². The zero-order valence-electron chi connectivity index (χ0n) is 12.7. The lowest BCUT2D eigenvalue weighted by molar-refractivity contribution is -0.190. The molecule has 22 heavy (non-hydrogen) atoms. The fraction of sp³-hybridized carbons (Fsp3) is 0.533. The van der Waals surface area contributed by atoms with E-state index in [0.29, 0.717) is 10.5 Å². The molecule has 0 bridgehead atoms. The molecule has 0 saturated heterocycles. The number of nitrogens with zero attached hydrogens (tertiary/aromatic N) is 1. The van der Waals surface area contributed by atoms with Gasteiger partial charge in [0.1, 0.15) is 5.60 Å². The Morgan fingerprint density at radius 3 is 2.18 bits per heavy atom. The lowest BCUT2D eigenvalue weighted by atomic mass is 10.1. The van der Waals surface area contributed by atoms with Crippen LogP contribution in [0.25, 0.3) is 0 Å². The third kappa shape index (κ3) is 5.55. The fourth-order valence-electron chi connectivity index (χ4n) is 1.78. The quantitative estimate of drug-likeness (QED) is 0.926. The maximum atomic E-state index is 13.1. The summed E-state index contributed by atoms with van der Waals surface area (Å²) in [4.78, 5) is 12.6. The Hall–Kier alpha value is -1.76. The van der Waals surface area contributed by atoms with E-state index >= 15 is 0 Å². The summed E-state index contributed by atoms with van der Waals surface area (Å²) in [6.07, 6.45) is -5.87. The Bertz CT molecular complexity index is 483. The van der Waals surface area contributed by atoms with Gasteiger partial charge in [0.2, 0.25) is 0 Å². The number of ether oxygens (including phenoxy) is 1. The number of hydrogen-bond acceptors (Lipinski definition) is 3. The van der Waals surface area contributed by atoms with Crippen molar-refractivity contribution in [3.05, 3.63) is 35.9 Å². The first-order valence-corrected chi connectivity index (χ1v) is 6.75. The first-order valence-electron chi connectivity index (χ1n) is 6.75. The average Bonchev–Trinajstić information content (AvgIpc) is 2.36. The molecule has 0 aliphatic rings. The highest BCUT2D eigenvalue weighted by Crippen LogP contribution is 2.27. The molecule has 0 aromatic heterocycles. The molecule has 1 aromatic rings. The largest absolute Gasteiger partial charge is 0.444 e. The van der Waals surface area contributed by atoms with Crippen molar-refractivity contribution in [1.29, 1.82) is 0 Å². The van der Waals surface area contributed by atoms with Crippen molar-refractivity contribution in [2.24, 2.45) is 0 Å². The van der Waals surface area contributed by atoms with Crippen molar-refractivity contribution in [2.45, 2.75) is 45.1 Å². The molecule has 4 nitrogen and oxygen atoms in total. The van der Waals surface area contributed by atoms with Gasteiger partial charge in [-0.2, -0.15) is 13.2 Å². The summed E-state index contributed by atoms with van der Waals surface area (Å²) in [5.74, 6) is 0. The van der Waals surface area contributed by atoms with E-state index in [1.165, 1.54) is 0 Å². The van der Waals surface area contributed by atoms with Gasteiger partial charge in [0, 0.05) is 6.54 Å². The van der Waals surface area contributed by atoms with Crippen molar-refractivity contribution in [2.75, 3.05) is 6.61 Å². The highest BCUT2D eigenvalue weighted by atomic mass is 19.4. The predicted octanol–water partition coefficient (Wildman–Crippen LogP) is 3.35. The number of aliphatic hydroxyl groups excluding tert-OH is 1. The van der Waals surface area contributed by atoms with Crippen LogP contribution < -0.4 is 0 Å². The Balaban J connectivity index is 3.06. The predicted molar refractivity (Wildman–Crippen MR) is 75.1 cm³/mol. The minimum absolute atomic E-state index is 0.305. The summed E-state index contributed by atoms with van der Waals surface area (Å²) in [5.41, 5.74) is -0.423. The highest BCUT2D eigenvalue weighted by Gasteiger charge is 2.46. The molecule has 1 atom stereocenters. The molecule has 0 fully saturated rings. The van der Waals surface area contributed by atoms with Gasteiger partial charge in [-0.15, -0.1) is 0 Å². The van der Waals surface area contributed by atoms with E-state index in [-0.39, 0.29) is 6.54 Å². The van der Waals surface area contributed by atoms with Crippen LogP contribution >= 0.6 is 0 Å². The van der Waals surface area contributed by atoms with E-state index in [9.17, 15) is 18.0 Å². The van der Waals surface area contributed by atoms with Gasteiger partial charge in [0.05, 0.1) is 6.61 Å². The molecular formula is C15H20F3NO3. The van der Waals surface area contributed by atoms with Crippen LogP contribution in [0.1, 0.15) is 26.3 Å². The molecule has 1 unspecified atom stereocenters. The van der Waals surface area contributed by atoms with Gasteiger partial charge in [0.15, 0.2) is 6.04 Å². The van der Waals surface area contributed by atoms with E-state index in [0.717, 1.165) is 0 Å². The molecule has 0 aliphatic carbocycles. The SMILES string of the molecule is CC(C)(C)OC(=O)N(Cc1ccccc1)C(CO)C(F)(F)F. The van der Waals surface area contributed by atoms with Gasteiger partial charge in [-0.25, -0.2) is 4.79 Å². The number of carbonyl (C=O) groups excluding carboxylic acids is 1. The number of carbonyl (C=O) groups is 1. The molecule has 0 spiro atoms. The van der Waals surface area contributed by atoms with Crippen LogP contribution in [-0.2, 0) is 11.3 Å². The fourth-order valence-corrected chi connectivity index (χ4v) is 1.78. The van der Waals surface area contributed by atoms with Crippen molar-refractivity contribution in [1.82, 2.24) is 4.90 Å². The number of alkyl halides is 3. The molecule has 0 saturated carbocycles. The standard InChI is InChI=1S/C15H20F3NO3/c1-14(2,3)22-13(21)19(12(10-20)15(16,17)18)9-11-7-5-4-6-8-11/h4-8,12,20H,9-10H2,1-3H3. The zero-order chi connectivity index (χ0) is 17.0. The second kappa shape index (κ2) is 7.00.